The number of benzene rings is 1. The zero-order valence-corrected chi connectivity index (χ0v) is 12.1. The SMILES string of the molecule is COc1cc(C#N)ccc1OCCn1c(C)csc1=O. The lowest BCUT2D eigenvalue weighted by atomic mass is 10.2. The van der Waals surface area contributed by atoms with Crippen molar-refractivity contribution in [2.75, 3.05) is 13.7 Å². The second-order valence-electron chi connectivity index (χ2n) is 4.12. The van der Waals surface area contributed by atoms with Crippen molar-refractivity contribution >= 4 is 11.3 Å². The first-order valence-electron chi connectivity index (χ1n) is 6.01. The molecule has 0 radical (unpaired) electrons. The minimum atomic E-state index is 0.0119. The zero-order valence-electron chi connectivity index (χ0n) is 11.3. The third kappa shape index (κ3) is 3.00. The molecule has 0 saturated carbocycles. The van der Waals surface area contributed by atoms with Crippen LogP contribution in [0.25, 0.3) is 0 Å². The third-order valence-corrected chi connectivity index (χ3v) is 3.72. The Labute approximate surface area is 120 Å². The molecule has 0 spiro atoms. The van der Waals surface area contributed by atoms with E-state index in [0.717, 1.165) is 5.69 Å². The summed E-state index contributed by atoms with van der Waals surface area (Å²) in [6.45, 7) is 2.73. The molecule has 1 heterocycles. The smallest absolute Gasteiger partial charge is 0.307 e. The van der Waals surface area contributed by atoms with E-state index in [1.54, 1.807) is 22.8 Å². The van der Waals surface area contributed by atoms with Gasteiger partial charge in [0.1, 0.15) is 6.61 Å². The van der Waals surface area contributed by atoms with Crippen molar-refractivity contribution in [2.24, 2.45) is 0 Å². The molecule has 0 aliphatic carbocycles. The Kier molecular flexibility index (Phi) is 4.43. The minimum absolute atomic E-state index is 0.0119. The second-order valence-corrected chi connectivity index (χ2v) is 4.94. The third-order valence-electron chi connectivity index (χ3n) is 2.84. The van der Waals surface area contributed by atoms with Crippen LogP contribution < -0.4 is 14.3 Å². The van der Waals surface area contributed by atoms with Gasteiger partial charge in [-0.15, -0.1) is 0 Å². The number of nitriles is 1. The lowest BCUT2D eigenvalue weighted by molar-refractivity contribution is 0.278. The monoisotopic (exact) mass is 290 g/mol. The molecule has 0 atom stereocenters. The molecule has 1 aromatic carbocycles. The lowest BCUT2D eigenvalue weighted by Gasteiger charge is -2.11. The fourth-order valence-electron chi connectivity index (χ4n) is 1.78. The van der Waals surface area contributed by atoms with Crippen LogP contribution in [0.2, 0.25) is 0 Å². The van der Waals surface area contributed by atoms with E-state index in [1.807, 2.05) is 18.4 Å². The van der Waals surface area contributed by atoms with E-state index in [0.29, 0.717) is 30.2 Å². The number of ether oxygens (including phenoxy) is 2. The Morgan fingerprint density at radius 3 is 2.80 bits per heavy atom. The molecule has 20 heavy (non-hydrogen) atoms. The van der Waals surface area contributed by atoms with Gasteiger partial charge in [-0.2, -0.15) is 5.26 Å². The van der Waals surface area contributed by atoms with E-state index < -0.39 is 0 Å². The fraction of sp³-hybridized carbons (Fsp3) is 0.286. The normalized spacial score (nSPS) is 10.1. The molecule has 0 N–H and O–H groups in total. The van der Waals surface area contributed by atoms with E-state index >= 15 is 0 Å². The average Bonchev–Trinajstić information content (AvgIpc) is 2.79. The quantitative estimate of drug-likeness (QED) is 0.846. The zero-order chi connectivity index (χ0) is 14.5. The van der Waals surface area contributed by atoms with Crippen molar-refractivity contribution in [3.8, 4) is 17.6 Å². The van der Waals surface area contributed by atoms with Crippen LogP contribution >= 0.6 is 11.3 Å². The van der Waals surface area contributed by atoms with E-state index in [-0.39, 0.29) is 4.87 Å². The molecule has 1 aromatic heterocycles. The van der Waals surface area contributed by atoms with Gasteiger partial charge in [0, 0.05) is 17.1 Å². The van der Waals surface area contributed by atoms with Gasteiger partial charge in [-0.3, -0.25) is 9.36 Å². The topological polar surface area (TPSA) is 64.2 Å². The number of rotatable bonds is 5. The van der Waals surface area contributed by atoms with Crippen LogP contribution in [0.5, 0.6) is 11.5 Å². The van der Waals surface area contributed by atoms with Gasteiger partial charge in [-0.05, 0) is 19.1 Å². The van der Waals surface area contributed by atoms with Crippen molar-refractivity contribution in [1.29, 1.82) is 5.26 Å². The van der Waals surface area contributed by atoms with Gasteiger partial charge in [0.25, 0.3) is 0 Å². The minimum Gasteiger partial charge on any atom is -0.493 e. The molecule has 0 unspecified atom stereocenters. The Morgan fingerprint density at radius 1 is 1.40 bits per heavy atom. The summed E-state index contributed by atoms with van der Waals surface area (Å²) in [5, 5.41) is 10.7. The van der Waals surface area contributed by atoms with Gasteiger partial charge in [-0.25, -0.2) is 0 Å². The van der Waals surface area contributed by atoms with E-state index in [4.69, 9.17) is 14.7 Å². The van der Waals surface area contributed by atoms with Crippen LogP contribution in [0.3, 0.4) is 0 Å². The van der Waals surface area contributed by atoms with Gasteiger partial charge < -0.3 is 9.47 Å². The van der Waals surface area contributed by atoms with Gasteiger partial charge in [0.15, 0.2) is 11.5 Å². The summed E-state index contributed by atoms with van der Waals surface area (Å²) in [6, 6.07) is 7.03. The van der Waals surface area contributed by atoms with E-state index in [2.05, 4.69) is 0 Å². The maximum Gasteiger partial charge on any atom is 0.307 e. The second kappa shape index (κ2) is 6.26. The van der Waals surface area contributed by atoms with Crippen LogP contribution in [-0.4, -0.2) is 18.3 Å². The van der Waals surface area contributed by atoms with Gasteiger partial charge in [-0.1, -0.05) is 11.3 Å². The number of thiazole rings is 1. The molecule has 0 bridgehead atoms. The highest BCUT2D eigenvalue weighted by molar-refractivity contribution is 7.07. The van der Waals surface area contributed by atoms with E-state index in [9.17, 15) is 4.79 Å². The molecule has 0 aliphatic rings. The molecule has 0 aliphatic heterocycles. The first-order valence-corrected chi connectivity index (χ1v) is 6.89. The molecule has 104 valence electrons. The van der Waals surface area contributed by atoms with Crippen molar-refractivity contribution in [3.05, 3.63) is 44.5 Å². The Morgan fingerprint density at radius 2 is 2.20 bits per heavy atom. The number of hydrogen-bond acceptors (Lipinski definition) is 5. The summed E-state index contributed by atoms with van der Waals surface area (Å²) >= 11 is 1.18. The summed E-state index contributed by atoms with van der Waals surface area (Å²) in [6.07, 6.45) is 0. The molecular weight excluding hydrogens is 276 g/mol. The molecular formula is C14H14N2O3S. The van der Waals surface area contributed by atoms with Crippen LogP contribution in [0.4, 0.5) is 0 Å². The Hall–Kier alpha value is -2.26. The molecule has 0 amide bonds. The van der Waals surface area contributed by atoms with Gasteiger partial charge in [0.2, 0.25) is 0 Å². The van der Waals surface area contributed by atoms with Gasteiger partial charge >= 0.3 is 4.87 Å². The van der Waals surface area contributed by atoms with Gasteiger partial charge in [0.05, 0.1) is 25.3 Å². The highest BCUT2D eigenvalue weighted by atomic mass is 32.1. The number of aryl methyl sites for hydroxylation is 1. The predicted octanol–water partition coefficient (Wildman–Crippen LogP) is 2.18. The first-order chi connectivity index (χ1) is 9.65. The molecule has 0 saturated heterocycles. The summed E-state index contributed by atoms with van der Waals surface area (Å²) in [5.74, 6) is 1.07. The molecule has 5 nitrogen and oxygen atoms in total. The maximum absolute atomic E-state index is 11.6. The number of methoxy groups -OCH3 is 1. The van der Waals surface area contributed by atoms with Crippen LogP contribution in [0, 0.1) is 18.3 Å². The Balaban J connectivity index is 2.05. The molecule has 2 rings (SSSR count). The molecule has 0 fully saturated rings. The first kappa shape index (κ1) is 14.2. The highest BCUT2D eigenvalue weighted by Crippen LogP contribution is 2.27. The van der Waals surface area contributed by atoms with Crippen molar-refractivity contribution < 1.29 is 9.47 Å². The largest absolute Gasteiger partial charge is 0.493 e. The maximum atomic E-state index is 11.6. The van der Waals surface area contributed by atoms with Crippen LogP contribution in [-0.2, 0) is 6.54 Å². The molecule has 6 heteroatoms. The highest BCUT2D eigenvalue weighted by Gasteiger charge is 2.07. The van der Waals surface area contributed by atoms with E-state index in [1.165, 1.54) is 18.4 Å². The van der Waals surface area contributed by atoms with Crippen molar-refractivity contribution in [3.63, 3.8) is 0 Å². The van der Waals surface area contributed by atoms with Crippen LogP contribution in [0.15, 0.2) is 28.4 Å². The fourth-order valence-corrected chi connectivity index (χ4v) is 2.54. The summed E-state index contributed by atoms with van der Waals surface area (Å²) < 4.78 is 12.5. The number of aromatic nitrogens is 1. The summed E-state index contributed by atoms with van der Waals surface area (Å²) in [7, 11) is 1.52. The Bertz CT molecular complexity index is 697. The average molecular weight is 290 g/mol. The summed E-state index contributed by atoms with van der Waals surface area (Å²) in [5.41, 5.74) is 1.44. The van der Waals surface area contributed by atoms with Crippen molar-refractivity contribution in [2.45, 2.75) is 13.5 Å². The number of hydrogen-bond donors (Lipinski definition) is 0. The lowest BCUT2D eigenvalue weighted by Crippen LogP contribution is -2.19. The predicted molar refractivity (Wildman–Crippen MR) is 76.5 cm³/mol. The number of nitrogens with zero attached hydrogens (tertiary/aromatic N) is 2. The standard InChI is InChI=1S/C14H14N2O3S/c1-10-9-20-14(17)16(10)5-6-19-12-4-3-11(8-15)7-13(12)18-2/h3-4,7,9H,5-6H2,1-2H3. The van der Waals surface area contributed by atoms with Crippen molar-refractivity contribution in [1.82, 2.24) is 4.57 Å². The molecule has 2 aromatic rings. The summed E-state index contributed by atoms with van der Waals surface area (Å²) in [4.78, 5) is 11.6. The van der Waals surface area contributed by atoms with Crippen LogP contribution in [0.1, 0.15) is 11.3 Å².